The maximum Gasteiger partial charge on any atom is 0.118 e. The van der Waals surface area contributed by atoms with Crippen LogP contribution in [0, 0.1) is 6.92 Å². The van der Waals surface area contributed by atoms with Crippen molar-refractivity contribution in [3.8, 4) is 11.4 Å². The first-order chi connectivity index (χ1) is 9.04. The number of nitrogens with zero attached hydrogens (tertiary/aromatic N) is 3. The lowest BCUT2D eigenvalue weighted by Crippen LogP contribution is -1.98. The Kier molecular flexibility index (Phi) is 2.84. The summed E-state index contributed by atoms with van der Waals surface area (Å²) in [5.74, 6) is 0.242. The van der Waals surface area contributed by atoms with Crippen LogP contribution in [0.1, 0.15) is 5.56 Å². The molecule has 0 atom stereocenters. The van der Waals surface area contributed by atoms with Crippen molar-refractivity contribution < 1.29 is 5.11 Å². The van der Waals surface area contributed by atoms with Gasteiger partial charge in [0.25, 0.3) is 0 Å². The van der Waals surface area contributed by atoms with Crippen LogP contribution in [0.5, 0.6) is 5.75 Å². The fraction of sp³-hybridized carbons (Fsp3) is 0.0769. The second kappa shape index (κ2) is 4.40. The molecule has 0 bridgehead atoms. The molecule has 1 aromatic heterocycles. The summed E-state index contributed by atoms with van der Waals surface area (Å²) in [7, 11) is 0. The third-order valence-corrected chi connectivity index (χ3v) is 3.56. The summed E-state index contributed by atoms with van der Waals surface area (Å²) in [6.07, 6.45) is 0. The van der Waals surface area contributed by atoms with Crippen LogP contribution in [0.3, 0.4) is 0 Å². The van der Waals surface area contributed by atoms with Gasteiger partial charge in [0.1, 0.15) is 16.8 Å². The van der Waals surface area contributed by atoms with E-state index in [0.717, 1.165) is 11.3 Å². The average Bonchev–Trinajstić information content (AvgIpc) is 2.76. The minimum absolute atomic E-state index is 0.242. The molecule has 0 unspecified atom stereocenters. The number of aryl methyl sites for hydroxylation is 1. The van der Waals surface area contributed by atoms with E-state index in [1.165, 1.54) is 4.80 Å². The molecule has 3 rings (SSSR count). The zero-order valence-corrected chi connectivity index (χ0v) is 11.4. The van der Waals surface area contributed by atoms with E-state index in [9.17, 15) is 5.11 Å². The van der Waals surface area contributed by atoms with E-state index >= 15 is 0 Å². The zero-order chi connectivity index (χ0) is 13.6. The van der Waals surface area contributed by atoms with E-state index in [2.05, 4.69) is 10.2 Å². The fourth-order valence-corrected chi connectivity index (χ4v) is 2.11. The topological polar surface area (TPSA) is 50.9 Å². The summed E-state index contributed by atoms with van der Waals surface area (Å²) in [5, 5.41) is 19.1. The number of phenolic OH excluding ortho intramolecular Hbond substituents is 1. The SMILES string of the molecule is Cc1cc(-n2nc3cc(Cl)c(Cl)cc3n2)ccc1O. The number of rotatable bonds is 1. The monoisotopic (exact) mass is 293 g/mol. The van der Waals surface area contributed by atoms with Gasteiger partial charge in [-0.25, -0.2) is 0 Å². The molecule has 0 aliphatic heterocycles. The van der Waals surface area contributed by atoms with E-state index in [0.29, 0.717) is 21.1 Å². The number of halogens is 2. The van der Waals surface area contributed by atoms with Crippen molar-refractivity contribution in [2.75, 3.05) is 0 Å². The Labute approximate surface area is 119 Å². The van der Waals surface area contributed by atoms with Gasteiger partial charge in [-0.3, -0.25) is 0 Å². The van der Waals surface area contributed by atoms with E-state index in [1.807, 2.05) is 6.92 Å². The minimum Gasteiger partial charge on any atom is -0.508 e. The highest BCUT2D eigenvalue weighted by molar-refractivity contribution is 6.42. The zero-order valence-electron chi connectivity index (χ0n) is 9.93. The lowest BCUT2D eigenvalue weighted by Gasteiger charge is -2.02. The Hall–Kier alpha value is -1.78. The van der Waals surface area contributed by atoms with Gasteiger partial charge in [-0.2, -0.15) is 4.80 Å². The molecular formula is C13H9Cl2N3O. The van der Waals surface area contributed by atoms with Crippen LogP contribution >= 0.6 is 23.2 Å². The molecule has 96 valence electrons. The largest absolute Gasteiger partial charge is 0.508 e. The molecule has 6 heteroatoms. The molecule has 0 fully saturated rings. The molecule has 0 aliphatic carbocycles. The van der Waals surface area contributed by atoms with Crippen molar-refractivity contribution in [2.24, 2.45) is 0 Å². The summed E-state index contributed by atoms with van der Waals surface area (Å²) >= 11 is 11.9. The highest BCUT2D eigenvalue weighted by Gasteiger charge is 2.09. The quantitative estimate of drug-likeness (QED) is 0.743. The summed E-state index contributed by atoms with van der Waals surface area (Å²) < 4.78 is 0. The maximum atomic E-state index is 9.52. The lowest BCUT2D eigenvalue weighted by atomic mass is 10.2. The van der Waals surface area contributed by atoms with E-state index in [4.69, 9.17) is 23.2 Å². The number of fused-ring (bicyclic) bond motifs is 1. The first-order valence-electron chi connectivity index (χ1n) is 5.57. The van der Waals surface area contributed by atoms with Gasteiger partial charge in [-0.15, -0.1) is 10.2 Å². The summed E-state index contributed by atoms with van der Waals surface area (Å²) in [6.45, 7) is 1.82. The van der Waals surface area contributed by atoms with Crippen molar-refractivity contribution >= 4 is 34.2 Å². The number of hydrogen-bond donors (Lipinski definition) is 1. The molecule has 1 N–H and O–H groups in total. The van der Waals surface area contributed by atoms with Crippen molar-refractivity contribution in [3.63, 3.8) is 0 Å². The number of hydrogen-bond acceptors (Lipinski definition) is 3. The van der Waals surface area contributed by atoms with Crippen molar-refractivity contribution in [3.05, 3.63) is 45.9 Å². The third-order valence-electron chi connectivity index (χ3n) is 2.83. The number of aromatic nitrogens is 3. The minimum atomic E-state index is 0.242. The molecule has 0 saturated heterocycles. The molecule has 1 heterocycles. The maximum absolute atomic E-state index is 9.52. The first-order valence-corrected chi connectivity index (χ1v) is 6.32. The highest BCUT2D eigenvalue weighted by atomic mass is 35.5. The van der Waals surface area contributed by atoms with Crippen LogP contribution in [-0.2, 0) is 0 Å². The molecule has 4 nitrogen and oxygen atoms in total. The van der Waals surface area contributed by atoms with Gasteiger partial charge in [0.05, 0.1) is 15.7 Å². The van der Waals surface area contributed by atoms with Crippen molar-refractivity contribution in [2.45, 2.75) is 6.92 Å². The molecule has 0 aliphatic rings. The van der Waals surface area contributed by atoms with Crippen LogP contribution in [0.15, 0.2) is 30.3 Å². The molecule has 0 radical (unpaired) electrons. The Morgan fingerprint density at radius 3 is 2.11 bits per heavy atom. The van der Waals surface area contributed by atoms with E-state index < -0.39 is 0 Å². The van der Waals surface area contributed by atoms with Crippen LogP contribution in [0.2, 0.25) is 10.0 Å². The molecule has 19 heavy (non-hydrogen) atoms. The molecule has 3 aromatic rings. The molecular weight excluding hydrogens is 285 g/mol. The van der Waals surface area contributed by atoms with Gasteiger partial charge in [0.2, 0.25) is 0 Å². The molecule has 0 saturated carbocycles. The van der Waals surface area contributed by atoms with Gasteiger partial charge in [0.15, 0.2) is 0 Å². The first kappa shape index (κ1) is 12.3. The van der Waals surface area contributed by atoms with Gasteiger partial charge >= 0.3 is 0 Å². The smallest absolute Gasteiger partial charge is 0.118 e. The van der Waals surface area contributed by atoms with Crippen molar-refractivity contribution in [1.29, 1.82) is 0 Å². The lowest BCUT2D eigenvalue weighted by molar-refractivity contribution is 0.471. The fourth-order valence-electron chi connectivity index (χ4n) is 1.79. The Balaban J connectivity index is 2.17. The summed E-state index contributed by atoms with van der Waals surface area (Å²) in [6, 6.07) is 8.51. The highest BCUT2D eigenvalue weighted by Crippen LogP contribution is 2.27. The Morgan fingerprint density at radius 2 is 1.58 bits per heavy atom. The molecule has 0 amide bonds. The molecule has 2 aromatic carbocycles. The number of phenols is 1. The Morgan fingerprint density at radius 1 is 1.00 bits per heavy atom. The van der Waals surface area contributed by atoms with Gasteiger partial charge < -0.3 is 5.11 Å². The number of aromatic hydroxyl groups is 1. The Bertz CT molecular complexity index is 744. The standard InChI is InChI=1S/C13H9Cl2N3O/c1-7-4-8(2-3-13(7)19)18-16-11-5-9(14)10(15)6-12(11)17-18/h2-6,19H,1H3. The third kappa shape index (κ3) is 2.13. The average molecular weight is 294 g/mol. The summed E-state index contributed by atoms with van der Waals surface area (Å²) in [5.41, 5.74) is 2.86. The van der Waals surface area contributed by atoms with E-state index in [1.54, 1.807) is 30.3 Å². The second-order valence-electron chi connectivity index (χ2n) is 4.22. The summed E-state index contributed by atoms with van der Waals surface area (Å²) in [4.78, 5) is 1.49. The van der Waals surface area contributed by atoms with Gasteiger partial charge in [-0.05, 0) is 42.8 Å². The normalized spacial score (nSPS) is 11.1. The predicted molar refractivity (Wildman–Crippen MR) is 75.3 cm³/mol. The van der Waals surface area contributed by atoms with Crippen LogP contribution in [0.25, 0.3) is 16.7 Å². The van der Waals surface area contributed by atoms with E-state index in [-0.39, 0.29) is 5.75 Å². The van der Waals surface area contributed by atoms with Crippen LogP contribution in [0.4, 0.5) is 0 Å². The second-order valence-corrected chi connectivity index (χ2v) is 5.03. The predicted octanol–water partition coefficient (Wildman–Crippen LogP) is 3.74. The van der Waals surface area contributed by atoms with Crippen LogP contribution < -0.4 is 0 Å². The van der Waals surface area contributed by atoms with Gasteiger partial charge in [0, 0.05) is 0 Å². The van der Waals surface area contributed by atoms with Gasteiger partial charge in [-0.1, -0.05) is 23.2 Å². The molecule has 0 spiro atoms. The van der Waals surface area contributed by atoms with Crippen molar-refractivity contribution in [1.82, 2.24) is 15.0 Å². The van der Waals surface area contributed by atoms with Crippen LogP contribution in [-0.4, -0.2) is 20.1 Å². The number of benzene rings is 2.